The fraction of sp³-hybridized carbons (Fsp3) is 0.412. The molecule has 0 spiro atoms. The first-order valence-electron chi connectivity index (χ1n) is 8.26. The first-order chi connectivity index (χ1) is 11.7. The van der Waals surface area contributed by atoms with Crippen molar-refractivity contribution in [2.45, 2.75) is 23.8 Å². The SMILES string of the molecule is O=S(=O)(c1cnc(-c2ccccc2)nc1)N1CCC[C@H]2CNC[C@H]21. The highest BCUT2D eigenvalue weighted by molar-refractivity contribution is 7.89. The Morgan fingerprint density at radius 2 is 1.83 bits per heavy atom. The van der Waals surface area contributed by atoms with Gasteiger partial charge in [0.15, 0.2) is 5.82 Å². The first kappa shape index (κ1) is 15.7. The number of rotatable bonds is 3. The normalized spacial score (nSPS) is 24.7. The minimum absolute atomic E-state index is 0.0533. The number of fused-ring (bicyclic) bond motifs is 1. The van der Waals surface area contributed by atoms with Crippen LogP contribution in [0.4, 0.5) is 0 Å². The van der Waals surface area contributed by atoms with Crippen LogP contribution in [0, 0.1) is 5.92 Å². The van der Waals surface area contributed by atoms with Crippen molar-refractivity contribution >= 4 is 10.0 Å². The molecular weight excluding hydrogens is 324 g/mol. The average molecular weight is 344 g/mol. The van der Waals surface area contributed by atoms with Gasteiger partial charge in [0, 0.05) is 24.7 Å². The Hall–Kier alpha value is -1.83. The average Bonchev–Trinajstić information content (AvgIpc) is 3.11. The molecule has 2 aromatic rings. The zero-order chi connectivity index (χ0) is 16.6. The monoisotopic (exact) mass is 344 g/mol. The predicted octanol–water partition coefficient (Wildman–Crippen LogP) is 1.52. The second-order valence-electron chi connectivity index (χ2n) is 6.35. The van der Waals surface area contributed by atoms with Gasteiger partial charge in [-0.15, -0.1) is 0 Å². The molecule has 0 unspecified atom stereocenters. The van der Waals surface area contributed by atoms with E-state index < -0.39 is 10.0 Å². The zero-order valence-corrected chi connectivity index (χ0v) is 14.1. The summed E-state index contributed by atoms with van der Waals surface area (Å²) in [5.74, 6) is 0.951. The van der Waals surface area contributed by atoms with Gasteiger partial charge < -0.3 is 5.32 Å². The number of sulfonamides is 1. The summed E-state index contributed by atoms with van der Waals surface area (Å²) < 4.78 is 27.6. The lowest BCUT2D eigenvalue weighted by Crippen LogP contribution is -2.48. The van der Waals surface area contributed by atoms with Gasteiger partial charge in [0.1, 0.15) is 4.90 Å². The summed E-state index contributed by atoms with van der Waals surface area (Å²) in [6, 6.07) is 9.60. The van der Waals surface area contributed by atoms with Crippen LogP contribution in [0.1, 0.15) is 12.8 Å². The van der Waals surface area contributed by atoms with Crippen LogP contribution in [0.15, 0.2) is 47.6 Å². The summed E-state index contributed by atoms with van der Waals surface area (Å²) >= 11 is 0. The van der Waals surface area contributed by atoms with Gasteiger partial charge >= 0.3 is 0 Å². The molecule has 2 aliphatic rings. The molecule has 0 aliphatic carbocycles. The van der Waals surface area contributed by atoms with Crippen molar-refractivity contribution < 1.29 is 8.42 Å². The maximum Gasteiger partial charge on any atom is 0.246 e. The number of hydrogen-bond acceptors (Lipinski definition) is 5. The van der Waals surface area contributed by atoms with Gasteiger partial charge in [0.2, 0.25) is 10.0 Å². The molecule has 6 nitrogen and oxygen atoms in total. The van der Waals surface area contributed by atoms with Gasteiger partial charge in [-0.2, -0.15) is 4.31 Å². The topological polar surface area (TPSA) is 75.2 Å². The van der Waals surface area contributed by atoms with Crippen LogP contribution >= 0.6 is 0 Å². The molecule has 2 fully saturated rings. The van der Waals surface area contributed by atoms with E-state index in [0.29, 0.717) is 18.3 Å². The Balaban J connectivity index is 1.62. The second-order valence-corrected chi connectivity index (χ2v) is 8.24. The van der Waals surface area contributed by atoms with Crippen LogP contribution in [0.2, 0.25) is 0 Å². The van der Waals surface area contributed by atoms with E-state index in [9.17, 15) is 8.42 Å². The molecule has 0 saturated carbocycles. The molecule has 24 heavy (non-hydrogen) atoms. The lowest BCUT2D eigenvalue weighted by atomic mass is 9.94. The minimum Gasteiger partial charge on any atom is -0.315 e. The van der Waals surface area contributed by atoms with E-state index in [0.717, 1.165) is 31.5 Å². The van der Waals surface area contributed by atoms with Gasteiger partial charge in [0.05, 0.1) is 12.4 Å². The zero-order valence-electron chi connectivity index (χ0n) is 13.3. The largest absolute Gasteiger partial charge is 0.315 e. The molecule has 3 heterocycles. The molecule has 0 amide bonds. The number of nitrogens with one attached hydrogen (secondary N) is 1. The Kier molecular flexibility index (Phi) is 4.07. The Labute approximate surface area is 142 Å². The Morgan fingerprint density at radius 3 is 2.58 bits per heavy atom. The van der Waals surface area contributed by atoms with Crippen molar-refractivity contribution in [1.29, 1.82) is 0 Å². The van der Waals surface area contributed by atoms with Crippen LogP contribution in [0.5, 0.6) is 0 Å². The van der Waals surface area contributed by atoms with Crippen molar-refractivity contribution in [1.82, 2.24) is 19.6 Å². The molecule has 1 aromatic heterocycles. The Bertz CT molecular complexity index is 808. The van der Waals surface area contributed by atoms with E-state index in [1.54, 1.807) is 4.31 Å². The van der Waals surface area contributed by atoms with Crippen LogP contribution in [-0.2, 0) is 10.0 Å². The van der Waals surface area contributed by atoms with Gasteiger partial charge in [-0.1, -0.05) is 30.3 Å². The lowest BCUT2D eigenvalue weighted by Gasteiger charge is -2.35. The Morgan fingerprint density at radius 1 is 1.08 bits per heavy atom. The van der Waals surface area contributed by atoms with E-state index in [1.165, 1.54) is 12.4 Å². The van der Waals surface area contributed by atoms with Crippen molar-refractivity contribution in [3.63, 3.8) is 0 Å². The fourth-order valence-electron chi connectivity index (χ4n) is 3.65. The van der Waals surface area contributed by atoms with Crippen molar-refractivity contribution in [2.24, 2.45) is 5.92 Å². The number of piperidine rings is 1. The van der Waals surface area contributed by atoms with Gasteiger partial charge in [-0.3, -0.25) is 0 Å². The third-order valence-electron chi connectivity index (χ3n) is 4.89. The quantitative estimate of drug-likeness (QED) is 0.914. The third-order valence-corrected chi connectivity index (χ3v) is 6.77. The van der Waals surface area contributed by atoms with E-state index in [2.05, 4.69) is 15.3 Å². The maximum absolute atomic E-state index is 13.0. The van der Waals surface area contributed by atoms with Gasteiger partial charge in [0.25, 0.3) is 0 Å². The third kappa shape index (κ3) is 2.72. The summed E-state index contributed by atoms with van der Waals surface area (Å²) in [7, 11) is -3.55. The van der Waals surface area contributed by atoms with Crippen molar-refractivity contribution in [2.75, 3.05) is 19.6 Å². The molecule has 0 radical (unpaired) electrons. The van der Waals surface area contributed by atoms with Crippen LogP contribution in [0.25, 0.3) is 11.4 Å². The predicted molar refractivity (Wildman–Crippen MR) is 90.7 cm³/mol. The highest BCUT2D eigenvalue weighted by Crippen LogP contribution is 2.31. The maximum atomic E-state index is 13.0. The summed E-state index contributed by atoms with van der Waals surface area (Å²) in [5.41, 5.74) is 0.875. The van der Waals surface area contributed by atoms with Gasteiger partial charge in [-0.05, 0) is 25.3 Å². The van der Waals surface area contributed by atoms with E-state index in [-0.39, 0.29) is 10.9 Å². The number of benzene rings is 1. The molecular formula is C17H20N4O2S. The number of aromatic nitrogens is 2. The molecule has 0 bridgehead atoms. The van der Waals surface area contributed by atoms with E-state index >= 15 is 0 Å². The molecule has 4 rings (SSSR count). The van der Waals surface area contributed by atoms with E-state index in [4.69, 9.17) is 0 Å². The highest BCUT2D eigenvalue weighted by atomic mass is 32.2. The highest BCUT2D eigenvalue weighted by Gasteiger charge is 2.41. The molecule has 2 aliphatic heterocycles. The number of nitrogens with zero attached hydrogens (tertiary/aromatic N) is 3. The molecule has 1 N–H and O–H groups in total. The smallest absolute Gasteiger partial charge is 0.246 e. The van der Waals surface area contributed by atoms with Crippen molar-refractivity contribution in [3.05, 3.63) is 42.7 Å². The van der Waals surface area contributed by atoms with Crippen LogP contribution in [0.3, 0.4) is 0 Å². The lowest BCUT2D eigenvalue weighted by molar-refractivity contribution is 0.217. The molecule has 2 saturated heterocycles. The second kappa shape index (κ2) is 6.23. The van der Waals surface area contributed by atoms with Crippen LogP contribution < -0.4 is 5.32 Å². The summed E-state index contributed by atoms with van der Waals surface area (Å²) in [6.45, 7) is 2.21. The molecule has 2 atom stereocenters. The van der Waals surface area contributed by atoms with E-state index in [1.807, 2.05) is 30.3 Å². The van der Waals surface area contributed by atoms with Crippen LogP contribution in [-0.4, -0.2) is 48.4 Å². The summed E-state index contributed by atoms with van der Waals surface area (Å²) in [4.78, 5) is 8.70. The summed E-state index contributed by atoms with van der Waals surface area (Å²) in [5, 5.41) is 3.31. The first-order valence-corrected chi connectivity index (χ1v) is 9.70. The fourth-order valence-corrected chi connectivity index (χ4v) is 5.26. The standard InChI is InChI=1S/C17H20N4O2S/c22-24(23,21-8-4-7-14-9-18-12-16(14)21)15-10-19-17(20-11-15)13-5-2-1-3-6-13/h1-3,5-6,10-11,14,16,18H,4,7-9,12H2/t14-,16+/m0/s1. The molecule has 126 valence electrons. The minimum atomic E-state index is -3.55. The number of hydrogen-bond donors (Lipinski definition) is 1. The molecule has 1 aromatic carbocycles. The molecule has 7 heteroatoms. The van der Waals surface area contributed by atoms with Gasteiger partial charge in [-0.25, -0.2) is 18.4 Å². The van der Waals surface area contributed by atoms with Crippen molar-refractivity contribution in [3.8, 4) is 11.4 Å². The summed E-state index contributed by atoms with van der Waals surface area (Å²) in [6.07, 6.45) is 4.85.